The van der Waals surface area contributed by atoms with E-state index in [0.29, 0.717) is 5.92 Å². The number of para-hydroxylation sites is 1. The molecule has 1 aromatic carbocycles. The molecule has 0 bridgehead atoms. The molecule has 0 aliphatic heterocycles. The molecule has 2 aliphatic rings. The molecule has 1 N–H and O–H groups in total. The van der Waals surface area contributed by atoms with Crippen molar-refractivity contribution in [2.75, 3.05) is 7.11 Å². The van der Waals surface area contributed by atoms with Crippen LogP contribution in [0, 0.1) is 0 Å². The Morgan fingerprint density at radius 2 is 1.78 bits per heavy atom. The number of hydrogen-bond acceptors (Lipinski definition) is 2. The van der Waals surface area contributed by atoms with Gasteiger partial charge in [0.25, 0.3) is 0 Å². The zero-order chi connectivity index (χ0) is 12.4. The van der Waals surface area contributed by atoms with E-state index in [9.17, 15) is 0 Å². The van der Waals surface area contributed by atoms with Gasteiger partial charge in [0.05, 0.1) is 7.11 Å². The highest BCUT2D eigenvalue weighted by Crippen LogP contribution is 2.41. The minimum absolute atomic E-state index is 0.694. The highest BCUT2D eigenvalue weighted by molar-refractivity contribution is 5.37. The van der Waals surface area contributed by atoms with E-state index in [1.54, 1.807) is 7.11 Å². The second-order valence-corrected chi connectivity index (χ2v) is 5.76. The minimum Gasteiger partial charge on any atom is -0.496 e. The van der Waals surface area contributed by atoms with E-state index < -0.39 is 0 Å². The number of ether oxygens (including phenoxy) is 1. The molecule has 98 valence electrons. The summed E-state index contributed by atoms with van der Waals surface area (Å²) in [5.74, 6) is 1.75. The van der Waals surface area contributed by atoms with Gasteiger partial charge in [-0.3, -0.25) is 0 Å². The first-order valence-corrected chi connectivity index (χ1v) is 7.26. The molecule has 0 aromatic heterocycles. The third kappa shape index (κ3) is 2.39. The van der Waals surface area contributed by atoms with Gasteiger partial charge in [-0.2, -0.15) is 0 Å². The van der Waals surface area contributed by atoms with Crippen LogP contribution in [0.5, 0.6) is 5.75 Å². The Labute approximate surface area is 110 Å². The number of methoxy groups -OCH3 is 1. The summed E-state index contributed by atoms with van der Waals surface area (Å²) in [4.78, 5) is 0. The molecule has 0 saturated heterocycles. The third-order valence-corrected chi connectivity index (χ3v) is 4.54. The van der Waals surface area contributed by atoms with Gasteiger partial charge < -0.3 is 10.1 Å². The molecule has 0 amide bonds. The molecule has 2 heteroatoms. The molecule has 18 heavy (non-hydrogen) atoms. The molecule has 3 rings (SSSR count). The third-order valence-electron chi connectivity index (χ3n) is 4.54. The quantitative estimate of drug-likeness (QED) is 0.877. The number of benzene rings is 1. The molecule has 2 aliphatic carbocycles. The highest BCUT2D eigenvalue weighted by atomic mass is 16.5. The molecule has 2 nitrogen and oxygen atoms in total. The fraction of sp³-hybridized carbons (Fsp3) is 0.625. The average Bonchev–Trinajstić information content (AvgIpc) is 2.86. The molecule has 0 radical (unpaired) electrons. The van der Waals surface area contributed by atoms with Crippen molar-refractivity contribution in [1.29, 1.82) is 0 Å². The zero-order valence-electron chi connectivity index (χ0n) is 11.2. The van der Waals surface area contributed by atoms with Gasteiger partial charge in [-0.05, 0) is 43.2 Å². The van der Waals surface area contributed by atoms with E-state index in [0.717, 1.165) is 17.8 Å². The SMILES string of the molecule is COc1ccccc1C1CC(NC2CCCC2)C1. The lowest BCUT2D eigenvalue weighted by Gasteiger charge is -2.38. The van der Waals surface area contributed by atoms with Crippen molar-refractivity contribution in [1.82, 2.24) is 5.32 Å². The first-order valence-electron chi connectivity index (χ1n) is 7.26. The Kier molecular flexibility index (Phi) is 3.55. The minimum atomic E-state index is 0.694. The Bertz CT molecular complexity index is 392. The van der Waals surface area contributed by atoms with Crippen molar-refractivity contribution >= 4 is 0 Å². The van der Waals surface area contributed by atoms with Crippen LogP contribution in [-0.2, 0) is 0 Å². The van der Waals surface area contributed by atoms with Gasteiger partial charge in [0.1, 0.15) is 5.75 Å². The van der Waals surface area contributed by atoms with Crippen LogP contribution >= 0.6 is 0 Å². The largest absolute Gasteiger partial charge is 0.496 e. The molecule has 0 unspecified atom stereocenters. The van der Waals surface area contributed by atoms with Crippen LogP contribution in [0.4, 0.5) is 0 Å². The predicted octanol–water partition coefficient (Wildman–Crippen LogP) is 3.47. The van der Waals surface area contributed by atoms with Gasteiger partial charge in [-0.1, -0.05) is 31.0 Å². The van der Waals surface area contributed by atoms with Crippen LogP contribution in [-0.4, -0.2) is 19.2 Å². The molecule has 2 fully saturated rings. The molecule has 0 heterocycles. The maximum Gasteiger partial charge on any atom is 0.122 e. The van der Waals surface area contributed by atoms with Gasteiger partial charge in [-0.25, -0.2) is 0 Å². The first kappa shape index (κ1) is 12.0. The molecular formula is C16H23NO. The number of hydrogen-bond donors (Lipinski definition) is 1. The molecule has 0 spiro atoms. The Balaban J connectivity index is 1.54. The van der Waals surface area contributed by atoms with Crippen molar-refractivity contribution in [2.24, 2.45) is 0 Å². The summed E-state index contributed by atoms with van der Waals surface area (Å²) in [5, 5.41) is 3.81. The Hall–Kier alpha value is -1.02. The lowest BCUT2D eigenvalue weighted by atomic mass is 9.75. The van der Waals surface area contributed by atoms with Crippen molar-refractivity contribution in [2.45, 2.75) is 56.5 Å². The topological polar surface area (TPSA) is 21.3 Å². The van der Waals surface area contributed by atoms with Crippen molar-refractivity contribution in [3.05, 3.63) is 29.8 Å². The van der Waals surface area contributed by atoms with Crippen LogP contribution in [0.3, 0.4) is 0 Å². The Morgan fingerprint density at radius 1 is 1.06 bits per heavy atom. The normalized spacial score (nSPS) is 28.1. The number of rotatable bonds is 4. The van der Waals surface area contributed by atoms with Crippen molar-refractivity contribution in [3.8, 4) is 5.75 Å². The fourth-order valence-electron chi connectivity index (χ4n) is 3.44. The lowest BCUT2D eigenvalue weighted by Crippen LogP contribution is -2.44. The van der Waals surface area contributed by atoms with E-state index in [1.165, 1.54) is 44.1 Å². The molecular weight excluding hydrogens is 222 g/mol. The molecule has 1 aromatic rings. The van der Waals surface area contributed by atoms with Crippen LogP contribution in [0.15, 0.2) is 24.3 Å². The van der Waals surface area contributed by atoms with Crippen LogP contribution in [0.1, 0.15) is 50.0 Å². The van der Waals surface area contributed by atoms with E-state index in [4.69, 9.17) is 4.74 Å². The van der Waals surface area contributed by atoms with E-state index in [-0.39, 0.29) is 0 Å². The summed E-state index contributed by atoms with van der Waals surface area (Å²) in [6.07, 6.45) is 8.15. The maximum absolute atomic E-state index is 5.45. The van der Waals surface area contributed by atoms with Crippen molar-refractivity contribution in [3.63, 3.8) is 0 Å². The van der Waals surface area contributed by atoms with Gasteiger partial charge in [0.2, 0.25) is 0 Å². The zero-order valence-corrected chi connectivity index (χ0v) is 11.2. The standard InChI is InChI=1S/C16H23NO/c1-18-16-9-5-4-8-15(16)12-10-14(11-12)17-13-6-2-3-7-13/h4-5,8-9,12-14,17H,2-3,6-7,10-11H2,1H3. The van der Waals surface area contributed by atoms with Gasteiger partial charge in [0, 0.05) is 12.1 Å². The van der Waals surface area contributed by atoms with Gasteiger partial charge in [-0.15, -0.1) is 0 Å². The van der Waals surface area contributed by atoms with Crippen LogP contribution in [0.2, 0.25) is 0 Å². The first-order chi connectivity index (χ1) is 8.86. The van der Waals surface area contributed by atoms with E-state index in [2.05, 4.69) is 29.6 Å². The average molecular weight is 245 g/mol. The monoisotopic (exact) mass is 245 g/mol. The summed E-state index contributed by atoms with van der Waals surface area (Å²) >= 11 is 0. The second kappa shape index (κ2) is 5.31. The van der Waals surface area contributed by atoms with E-state index in [1.807, 2.05) is 0 Å². The lowest BCUT2D eigenvalue weighted by molar-refractivity contribution is 0.260. The molecule has 0 atom stereocenters. The smallest absolute Gasteiger partial charge is 0.122 e. The summed E-state index contributed by atoms with van der Waals surface area (Å²) in [5.41, 5.74) is 1.39. The highest BCUT2D eigenvalue weighted by Gasteiger charge is 2.33. The maximum atomic E-state index is 5.45. The Morgan fingerprint density at radius 3 is 2.50 bits per heavy atom. The summed E-state index contributed by atoms with van der Waals surface area (Å²) in [6.45, 7) is 0. The van der Waals surface area contributed by atoms with E-state index >= 15 is 0 Å². The van der Waals surface area contributed by atoms with Crippen molar-refractivity contribution < 1.29 is 4.74 Å². The second-order valence-electron chi connectivity index (χ2n) is 5.76. The van der Waals surface area contributed by atoms with Gasteiger partial charge in [0.15, 0.2) is 0 Å². The van der Waals surface area contributed by atoms with Crippen LogP contribution < -0.4 is 10.1 Å². The fourth-order valence-corrected chi connectivity index (χ4v) is 3.44. The summed E-state index contributed by atoms with van der Waals surface area (Å²) in [6, 6.07) is 10.0. The predicted molar refractivity (Wildman–Crippen MR) is 74.1 cm³/mol. The summed E-state index contributed by atoms with van der Waals surface area (Å²) < 4.78 is 5.45. The van der Waals surface area contributed by atoms with Gasteiger partial charge >= 0.3 is 0 Å². The number of nitrogens with one attached hydrogen (secondary N) is 1. The van der Waals surface area contributed by atoms with Crippen LogP contribution in [0.25, 0.3) is 0 Å². The molecule has 2 saturated carbocycles. The summed E-state index contributed by atoms with van der Waals surface area (Å²) in [7, 11) is 1.77.